The molecule has 3 heterocycles. The Kier molecular flexibility index (Phi) is 7.67. The van der Waals surface area contributed by atoms with Gasteiger partial charge in [-0.3, -0.25) is 9.59 Å². The van der Waals surface area contributed by atoms with Crippen molar-refractivity contribution < 1.29 is 40.7 Å². The van der Waals surface area contributed by atoms with Gasteiger partial charge in [-0.05, 0) is 54.7 Å². The number of benzene rings is 2. The lowest BCUT2D eigenvalue weighted by atomic mass is 9.98. The molecule has 0 radical (unpaired) electrons. The Bertz CT molecular complexity index is 1420. The first-order chi connectivity index (χ1) is 19.4. The summed E-state index contributed by atoms with van der Waals surface area (Å²) in [6.45, 7) is 0.353. The van der Waals surface area contributed by atoms with Gasteiger partial charge in [0.2, 0.25) is 5.88 Å². The molecule has 0 atom stereocenters. The normalized spacial score (nSPS) is 16.2. The first-order valence-electron chi connectivity index (χ1n) is 13.0. The standard InChI is InChI=1S/C29H25F6N3O3/c30-28(31,32)20-13-18(14-21(15-20)29(33,34)35)17-38-11-12-41-25-24(27(38)40)22(19-7-3-1-4-8-19)16-23(36-25)26(39)37-9-5-2-6-10-37/h1,3-4,7-8,13-16H,2,5-6,9-12,17H2. The van der Waals surface area contributed by atoms with Gasteiger partial charge in [0, 0.05) is 25.2 Å². The number of halogens is 6. The average molecular weight is 578 g/mol. The summed E-state index contributed by atoms with van der Waals surface area (Å²) < 4.78 is 86.3. The number of nitrogens with zero attached hydrogens (tertiary/aromatic N) is 3. The molecule has 12 heteroatoms. The lowest BCUT2D eigenvalue weighted by molar-refractivity contribution is -0.143. The van der Waals surface area contributed by atoms with Gasteiger partial charge in [-0.25, -0.2) is 4.98 Å². The highest BCUT2D eigenvalue weighted by atomic mass is 19.4. The summed E-state index contributed by atoms with van der Waals surface area (Å²) >= 11 is 0. The Morgan fingerprint density at radius 3 is 2.10 bits per heavy atom. The summed E-state index contributed by atoms with van der Waals surface area (Å²) in [4.78, 5) is 34.3. The van der Waals surface area contributed by atoms with Gasteiger partial charge in [0.25, 0.3) is 11.8 Å². The molecule has 41 heavy (non-hydrogen) atoms. The van der Waals surface area contributed by atoms with Crippen molar-refractivity contribution in [3.63, 3.8) is 0 Å². The number of piperidine rings is 1. The highest BCUT2D eigenvalue weighted by Crippen LogP contribution is 2.38. The zero-order valence-electron chi connectivity index (χ0n) is 21.7. The summed E-state index contributed by atoms with van der Waals surface area (Å²) in [5, 5.41) is 0. The maximum absolute atomic E-state index is 13.8. The summed E-state index contributed by atoms with van der Waals surface area (Å²) in [7, 11) is 0. The van der Waals surface area contributed by atoms with Gasteiger partial charge in [0.05, 0.1) is 17.7 Å². The second kappa shape index (κ2) is 11.1. The zero-order valence-corrected chi connectivity index (χ0v) is 21.7. The van der Waals surface area contributed by atoms with Crippen LogP contribution in [-0.2, 0) is 18.9 Å². The van der Waals surface area contributed by atoms with Gasteiger partial charge >= 0.3 is 12.4 Å². The predicted octanol–water partition coefficient (Wildman–Crippen LogP) is 6.45. The Balaban J connectivity index is 1.56. The second-order valence-corrected chi connectivity index (χ2v) is 9.94. The number of rotatable bonds is 4. The highest BCUT2D eigenvalue weighted by Gasteiger charge is 2.38. The van der Waals surface area contributed by atoms with Gasteiger partial charge in [-0.2, -0.15) is 26.3 Å². The van der Waals surface area contributed by atoms with Crippen LogP contribution in [0, 0.1) is 0 Å². The molecular formula is C29H25F6N3O3. The maximum Gasteiger partial charge on any atom is 0.416 e. The summed E-state index contributed by atoms with van der Waals surface area (Å²) in [5.74, 6) is -1.11. The van der Waals surface area contributed by atoms with Crippen molar-refractivity contribution in [2.45, 2.75) is 38.2 Å². The first kappa shape index (κ1) is 28.4. The third kappa shape index (κ3) is 6.15. The largest absolute Gasteiger partial charge is 0.475 e. The van der Waals surface area contributed by atoms with E-state index in [4.69, 9.17) is 4.74 Å². The molecule has 2 aliphatic rings. The number of aromatic nitrogens is 1. The number of ether oxygens (including phenoxy) is 1. The van der Waals surface area contributed by atoms with E-state index in [0.717, 1.165) is 24.2 Å². The minimum Gasteiger partial charge on any atom is -0.475 e. The van der Waals surface area contributed by atoms with Crippen LogP contribution >= 0.6 is 0 Å². The number of carbonyl (C=O) groups is 2. The lowest BCUT2D eigenvalue weighted by Crippen LogP contribution is -2.36. The molecule has 2 aliphatic heterocycles. The van der Waals surface area contributed by atoms with Gasteiger partial charge in [-0.1, -0.05) is 30.3 Å². The molecule has 216 valence electrons. The number of alkyl halides is 6. The van der Waals surface area contributed by atoms with Gasteiger partial charge < -0.3 is 14.5 Å². The number of pyridine rings is 1. The van der Waals surface area contributed by atoms with Crippen molar-refractivity contribution in [1.82, 2.24) is 14.8 Å². The van der Waals surface area contributed by atoms with Gasteiger partial charge in [0.15, 0.2) is 0 Å². The van der Waals surface area contributed by atoms with E-state index in [1.807, 2.05) is 0 Å². The molecule has 5 rings (SSSR count). The first-order valence-corrected chi connectivity index (χ1v) is 13.0. The van der Waals surface area contributed by atoms with Crippen LogP contribution in [0.4, 0.5) is 26.3 Å². The van der Waals surface area contributed by atoms with Crippen LogP contribution in [0.3, 0.4) is 0 Å². The van der Waals surface area contributed by atoms with E-state index in [1.165, 1.54) is 6.07 Å². The summed E-state index contributed by atoms with van der Waals surface area (Å²) in [6, 6.07) is 11.4. The fourth-order valence-electron chi connectivity index (χ4n) is 5.04. The van der Waals surface area contributed by atoms with E-state index < -0.39 is 35.9 Å². The van der Waals surface area contributed by atoms with Crippen LogP contribution in [0.2, 0.25) is 0 Å². The molecule has 2 aromatic carbocycles. The topological polar surface area (TPSA) is 62.7 Å². The van der Waals surface area contributed by atoms with Crippen molar-refractivity contribution in [2.75, 3.05) is 26.2 Å². The minimum absolute atomic E-state index is 0.0214. The third-order valence-electron chi connectivity index (χ3n) is 7.06. The van der Waals surface area contributed by atoms with Crippen molar-refractivity contribution in [2.24, 2.45) is 0 Å². The highest BCUT2D eigenvalue weighted by molar-refractivity contribution is 6.05. The molecule has 1 aromatic heterocycles. The monoisotopic (exact) mass is 577 g/mol. The fourth-order valence-corrected chi connectivity index (χ4v) is 5.04. The van der Waals surface area contributed by atoms with Crippen molar-refractivity contribution in [3.05, 3.63) is 82.5 Å². The molecule has 0 N–H and O–H groups in total. The SMILES string of the molecule is O=C(c1cc(-c2ccccc2)c2c(n1)OCCN(Cc1cc(C(F)(F)F)cc(C(F)(F)F)c1)C2=O)N1CCCCC1. The van der Waals surface area contributed by atoms with Crippen molar-refractivity contribution in [3.8, 4) is 17.0 Å². The predicted molar refractivity (Wildman–Crippen MR) is 136 cm³/mol. The number of likely N-dealkylation sites (tertiary alicyclic amines) is 1. The van der Waals surface area contributed by atoms with E-state index >= 15 is 0 Å². The van der Waals surface area contributed by atoms with E-state index in [2.05, 4.69) is 4.98 Å². The number of hydrogen-bond donors (Lipinski definition) is 0. The zero-order chi connectivity index (χ0) is 29.4. The maximum atomic E-state index is 13.8. The molecule has 0 unspecified atom stereocenters. The Labute approximate surface area is 231 Å². The molecule has 1 saturated heterocycles. The molecule has 3 aromatic rings. The van der Waals surface area contributed by atoms with Crippen LogP contribution in [0.1, 0.15) is 56.8 Å². The van der Waals surface area contributed by atoms with Crippen LogP contribution in [0.15, 0.2) is 54.6 Å². The molecule has 0 aliphatic carbocycles. The Morgan fingerprint density at radius 2 is 1.49 bits per heavy atom. The molecule has 1 fully saturated rings. The van der Waals surface area contributed by atoms with E-state index in [9.17, 15) is 35.9 Å². The molecule has 2 amide bonds. The number of hydrogen-bond acceptors (Lipinski definition) is 4. The van der Waals surface area contributed by atoms with Crippen LogP contribution in [0.25, 0.3) is 11.1 Å². The Morgan fingerprint density at radius 1 is 0.854 bits per heavy atom. The van der Waals surface area contributed by atoms with E-state index in [1.54, 1.807) is 35.2 Å². The van der Waals surface area contributed by atoms with Crippen LogP contribution < -0.4 is 4.74 Å². The molecule has 0 spiro atoms. The lowest BCUT2D eigenvalue weighted by Gasteiger charge is -2.27. The summed E-state index contributed by atoms with van der Waals surface area (Å²) in [5.41, 5.74) is -2.31. The number of carbonyl (C=O) groups excluding carboxylic acids is 2. The van der Waals surface area contributed by atoms with Gasteiger partial charge in [-0.15, -0.1) is 0 Å². The minimum atomic E-state index is -5.02. The van der Waals surface area contributed by atoms with Crippen molar-refractivity contribution in [1.29, 1.82) is 0 Å². The van der Waals surface area contributed by atoms with Crippen LogP contribution in [0.5, 0.6) is 5.88 Å². The quantitative estimate of drug-likeness (QED) is 0.335. The smallest absolute Gasteiger partial charge is 0.416 e. The average Bonchev–Trinajstić information content (AvgIpc) is 3.10. The Hall–Kier alpha value is -4.09. The molecule has 0 saturated carbocycles. The second-order valence-electron chi connectivity index (χ2n) is 9.94. The molecular weight excluding hydrogens is 552 g/mol. The fraction of sp³-hybridized carbons (Fsp3) is 0.345. The van der Waals surface area contributed by atoms with E-state index in [0.29, 0.717) is 36.3 Å². The number of amides is 2. The summed E-state index contributed by atoms with van der Waals surface area (Å²) in [6.07, 6.45) is -7.30. The van der Waals surface area contributed by atoms with Gasteiger partial charge in [0.1, 0.15) is 17.9 Å². The third-order valence-corrected chi connectivity index (χ3v) is 7.06. The van der Waals surface area contributed by atoms with Crippen molar-refractivity contribution >= 4 is 11.8 Å². The van der Waals surface area contributed by atoms with E-state index in [-0.39, 0.29) is 47.8 Å². The van der Waals surface area contributed by atoms with Crippen LogP contribution in [-0.4, -0.2) is 52.8 Å². The molecule has 0 bridgehead atoms. The number of fused-ring (bicyclic) bond motifs is 1. The molecule has 6 nitrogen and oxygen atoms in total.